The number of nitrogens with zero attached hydrogens (tertiary/aromatic N) is 2. The first-order valence-corrected chi connectivity index (χ1v) is 12.6. The number of ether oxygens (including phenoxy) is 2. The molecule has 1 fully saturated rings. The predicted molar refractivity (Wildman–Crippen MR) is 141 cm³/mol. The van der Waals surface area contributed by atoms with Gasteiger partial charge in [0.15, 0.2) is 11.5 Å². The van der Waals surface area contributed by atoms with Gasteiger partial charge in [0.1, 0.15) is 29.5 Å². The van der Waals surface area contributed by atoms with Gasteiger partial charge in [0.05, 0.1) is 12.7 Å². The van der Waals surface area contributed by atoms with Gasteiger partial charge in [-0.15, -0.1) is 0 Å². The minimum absolute atomic E-state index is 0.126. The minimum atomic E-state index is -0.225. The zero-order valence-electron chi connectivity index (χ0n) is 20.9. The van der Waals surface area contributed by atoms with E-state index in [1.54, 1.807) is 43.5 Å². The molecule has 37 heavy (non-hydrogen) atoms. The lowest BCUT2D eigenvalue weighted by molar-refractivity contribution is 0.103. The summed E-state index contributed by atoms with van der Waals surface area (Å²) >= 11 is 0. The largest absolute Gasteiger partial charge is 0.508 e. The van der Waals surface area contributed by atoms with Crippen molar-refractivity contribution in [3.05, 3.63) is 83.9 Å². The molecule has 1 N–H and O–H groups in total. The van der Waals surface area contributed by atoms with E-state index in [0.29, 0.717) is 46.3 Å². The molecule has 2 heterocycles. The van der Waals surface area contributed by atoms with Crippen LogP contribution in [0.3, 0.4) is 0 Å². The summed E-state index contributed by atoms with van der Waals surface area (Å²) in [5, 5.41) is 14.0. The lowest BCUT2D eigenvalue weighted by Crippen LogP contribution is -2.33. The summed E-state index contributed by atoms with van der Waals surface area (Å²) in [6.45, 7) is 3.67. The molecule has 0 spiro atoms. The van der Waals surface area contributed by atoms with Crippen molar-refractivity contribution in [3.63, 3.8) is 0 Å². The van der Waals surface area contributed by atoms with E-state index in [9.17, 15) is 9.90 Å². The topological polar surface area (TPSA) is 85.0 Å². The SMILES string of the molecule is COc1ccc(-c2noc(-c3ccc(O)cc3)c2C(=O)c2cccc(OCCN3CCCCC3)c2)cc1. The van der Waals surface area contributed by atoms with Crippen LogP contribution in [0.15, 0.2) is 77.3 Å². The van der Waals surface area contributed by atoms with Gasteiger partial charge in [0, 0.05) is 23.2 Å². The van der Waals surface area contributed by atoms with Crippen LogP contribution in [0.4, 0.5) is 0 Å². The highest BCUT2D eigenvalue weighted by Crippen LogP contribution is 2.35. The number of aromatic nitrogens is 1. The fraction of sp³-hybridized carbons (Fsp3) is 0.267. The number of carbonyl (C=O) groups excluding carboxylic acids is 1. The Morgan fingerprint density at radius 2 is 1.68 bits per heavy atom. The molecule has 0 bridgehead atoms. The molecule has 0 amide bonds. The summed E-state index contributed by atoms with van der Waals surface area (Å²) in [5.41, 5.74) is 2.64. The Labute approximate surface area is 216 Å². The molecule has 1 aromatic heterocycles. The molecule has 1 aliphatic rings. The first-order chi connectivity index (χ1) is 18.1. The highest BCUT2D eigenvalue weighted by Gasteiger charge is 2.26. The molecule has 0 radical (unpaired) electrons. The Bertz CT molecular complexity index is 1340. The first kappa shape index (κ1) is 24.6. The third kappa shape index (κ3) is 5.67. The fourth-order valence-corrected chi connectivity index (χ4v) is 4.60. The smallest absolute Gasteiger partial charge is 0.199 e. The molecular formula is C30H30N2O5. The number of ketones is 1. The van der Waals surface area contributed by atoms with Crippen LogP contribution in [0.1, 0.15) is 35.2 Å². The Morgan fingerprint density at radius 3 is 2.41 bits per heavy atom. The van der Waals surface area contributed by atoms with Gasteiger partial charge in [-0.05, 0) is 86.6 Å². The molecule has 190 valence electrons. The van der Waals surface area contributed by atoms with Crippen molar-refractivity contribution in [2.45, 2.75) is 19.3 Å². The highest BCUT2D eigenvalue weighted by atomic mass is 16.5. The van der Waals surface area contributed by atoms with Crippen molar-refractivity contribution in [2.24, 2.45) is 0 Å². The Balaban J connectivity index is 1.45. The van der Waals surface area contributed by atoms with E-state index < -0.39 is 0 Å². The molecule has 0 saturated carbocycles. The number of phenolic OH excluding ortho intramolecular Hbond substituents is 1. The molecule has 0 atom stereocenters. The van der Waals surface area contributed by atoms with E-state index in [4.69, 9.17) is 14.0 Å². The highest BCUT2D eigenvalue weighted by molar-refractivity contribution is 6.15. The lowest BCUT2D eigenvalue weighted by atomic mass is 9.95. The normalized spacial score (nSPS) is 13.9. The van der Waals surface area contributed by atoms with Gasteiger partial charge >= 0.3 is 0 Å². The van der Waals surface area contributed by atoms with E-state index in [0.717, 1.165) is 25.2 Å². The molecule has 1 saturated heterocycles. The van der Waals surface area contributed by atoms with Crippen LogP contribution in [0.25, 0.3) is 22.6 Å². The van der Waals surface area contributed by atoms with Crippen LogP contribution < -0.4 is 9.47 Å². The Kier molecular flexibility index (Phi) is 7.51. The molecule has 7 heteroatoms. The van der Waals surface area contributed by atoms with Gasteiger partial charge in [-0.1, -0.05) is 23.7 Å². The van der Waals surface area contributed by atoms with Gasteiger partial charge in [-0.3, -0.25) is 9.69 Å². The fourth-order valence-electron chi connectivity index (χ4n) is 4.60. The number of hydrogen-bond acceptors (Lipinski definition) is 7. The number of rotatable bonds is 9. The van der Waals surface area contributed by atoms with E-state index >= 15 is 0 Å². The summed E-state index contributed by atoms with van der Waals surface area (Å²) in [4.78, 5) is 16.3. The summed E-state index contributed by atoms with van der Waals surface area (Å²) in [6, 6.07) is 21.0. The van der Waals surface area contributed by atoms with Crippen LogP contribution in [0.5, 0.6) is 17.2 Å². The van der Waals surface area contributed by atoms with Crippen LogP contribution in [0, 0.1) is 0 Å². The summed E-state index contributed by atoms with van der Waals surface area (Å²) in [6.07, 6.45) is 3.78. The quantitative estimate of drug-likeness (QED) is 0.291. The van der Waals surface area contributed by atoms with Crippen LogP contribution in [0.2, 0.25) is 0 Å². The van der Waals surface area contributed by atoms with Crippen molar-refractivity contribution in [1.82, 2.24) is 10.1 Å². The number of hydrogen-bond donors (Lipinski definition) is 1. The second-order valence-corrected chi connectivity index (χ2v) is 9.12. The summed E-state index contributed by atoms with van der Waals surface area (Å²) in [5.74, 6) is 1.59. The average molecular weight is 499 g/mol. The second-order valence-electron chi connectivity index (χ2n) is 9.12. The van der Waals surface area contributed by atoms with Crippen molar-refractivity contribution in [1.29, 1.82) is 0 Å². The third-order valence-electron chi connectivity index (χ3n) is 6.63. The van der Waals surface area contributed by atoms with E-state index in [-0.39, 0.29) is 11.5 Å². The predicted octanol–water partition coefficient (Wildman–Crippen LogP) is 5.82. The Hall–Kier alpha value is -4.10. The Morgan fingerprint density at radius 1 is 0.946 bits per heavy atom. The zero-order valence-corrected chi connectivity index (χ0v) is 20.9. The molecule has 7 nitrogen and oxygen atoms in total. The van der Waals surface area contributed by atoms with E-state index in [2.05, 4.69) is 10.1 Å². The maximum atomic E-state index is 13.9. The van der Waals surface area contributed by atoms with Gasteiger partial charge in [0.25, 0.3) is 0 Å². The maximum absolute atomic E-state index is 13.9. The molecular weight excluding hydrogens is 468 g/mol. The summed E-state index contributed by atoms with van der Waals surface area (Å²) < 4.78 is 17.0. The van der Waals surface area contributed by atoms with Crippen molar-refractivity contribution in [3.8, 4) is 39.8 Å². The minimum Gasteiger partial charge on any atom is -0.508 e. The van der Waals surface area contributed by atoms with Gasteiger partial charge < -0.3 is 19.1 Å². The molecule has 3 aromatic carbocycles. The van der Waals surface area contributed by atoms with Gasteiger partial charge in [-0.25, -0.2) is 0 Å². The second kappa shape index (κ2) is 11.3. The van der Waals surface area contributed by atoms with Crippen LogP contribution in [-0.2, 0) is 0 Å². The monoisotopic (exact) mass is 498 g/mol. The molecule has 0 aliphatic carbocycles. The molecule has 4 aromatic rings. The standard InChI is InChI=1S/C30H30N2O5/c1-35-25-14-10-21(11-15-25)28-27(30(37-31-28)22-8-12-24(33)13-9-22)29(34)23-6-5-7-26(20-23)36-19-18-32-16-3-2-4-17-32/h5-15,20,33H,2-4,16-19H2,1H3. The number of likely N-dealkylation sites (tertiary alicyclic amines) is 1. The van der Waals surface area contributed by atoms with Crippen molar-refractivity contribution < 1.29 is 23.9 Å². The van der Waals surface area contributed by atoms with Crippen LogP contribution >= 0.6 is 0 Å². The number of benzene rings is 3. The van der Waals surface area contributed by atoms with Gasteiger partial charge in [0.2, 0.25) is 0 Å². The first-order valence-electron chi connectivity index (χ1n) is 12.6. The average Bonchev–Trinajstić information content (AvgIpc) is 3.39. The number of aromatic hydroxyl groups is 1. The zero-order chi connectivity index (χ0) is 25.6. The van der Waals surface area contributed by atoms with Crippen molar-refractivity contribution >= 4 is 5.78 Å². The molecule has 0 unspecified atom stereocenters. The molecule has 1 aliphatic heterocycles. The van der Waals surface area contributed by atoms with E-state index in [1.807, 2.05) is 36.4 Å². The number of carbonyl (C=O) groups is 1. The number of methoxy groups -OCH3 is 1. The number of piperidine rings is 1. The van der Waals surface area contributed by atoms with Crippen LogP contribution in [-0.4, -0.2) is 54.3 Å². The summed E-state index contributed by atoms with van der Waals surface area (Å²) in [7, 11) is 1.60. The maximum Gasteiger partial charge on any atom is 0.199 e. The molecule has 5 rings (SSSR count). The number of phenols is 1. The van der Waals surface area contributed by atoms with E-state index in [1.165, 1.54) is 19.3 Å². The van der Waals surface area contributed by atoms with Crippen molar-refractivity contribution in [2.75, 3.05) is 33.4 Å². The lowest BCUT2D eigenvalue weighted by Gasteiger charge is -2.26. The third-order valence-corrected chi connectivity index (χ3v) is 6.63. The van der Waals surface area contributed by atoms with Gasteiger partial charge in [-0.2, -0.15) is 0 Å².